The average molecular weight is 215 g/mol. The lowest BCUT2D eigenvalue weighted by Crippen LogP contribution is -2.42. The minimum atomic E-state index is 0.267. The molecule has 2 aliphatic rings. The molecule has 2 unspecified atom stereocenters. The Balaban J connectivity index is 1.83. The van der Waals surface area contributed by atoms with Crippen molar-refractivity contribution in [3.05, 3.63) is 0 Å². The van der Waals surface area contributed by atoms with E-state index in [1.54, 1.807) is 0 Å². The molecule has 0 bridgehead atoms. The molecular formula is C11H21NOS. The van der Waals surface area contributed by atoms with Crippen LogP contribution in [-0.4, -0.2) is 36.8 Å². The fourth-order valence-electron chi connectivity index (χ4n) is 2.52. The van der Waals surface area contributed by atoms with Crippen molar-refractivity contribution in [1.82, 2.24) is 5.32 Å². The first-order valence-electron chi connectivity index (χ1n) is 5.77. The number of hydrogen-bond acceptors (Lipinski definition) is 3. The Hall–Kier alpha value is 0.270. The summed E-state index contributed by atoms with van der Waals surface area (Å²) in [5.41, 5.74) is 0.267. The van der Waals surface area contributed by atoms with Crippen molar-refractivity contribution in [3.8, 4) is 0 Å². The van der Waals surface area contributed by atoms with Gasteiger partial charge in [-0.15, -0.1) is 0 Å². The maximum absolute atomic E-state index is 5.99. The van der Waals surface area contributed by atoms with E-state index in [9.17, 15) is 0 Å². The van der Waals surface area contributed by atoms with Crippen molar-refractivity contribution in [2.75, 3.05) is 31.2 Å². The van der Waals surface area contributed by atoms with Crippen LogP contribution >= 0.6 is 11.8 Å². The van der Waals surface area contributed by atoms with Crippen LogP contribution in [0.3, 0.4) is 0 Å². The molecule has 2 atom stereocenters. The quantitative estimate of drug-likeness (QED) is 0.777. The van der Waals surface area contributed by atoms with E-state index in [0.717, 1.165) is 19.1 Å². The Morgan fingerprint density at radius 1 is 1.57 bits per heavy atom. The van der Waals surface area contributed by atoms with Crippen LogP contribution < -0.4 is 5.32 Å². The smallest absolute Gasteiger partial charge is 0.0783 e. The largest absolute Gasteiger partial charge is 0.374 e. The van der Waals surface area contributed by atoms with E-state index in [4.69, 9.17) is 4.74 Å². The van der Waals surface area contributed by atoms with Crippen molar-refractivity contribution >= 4 is 11.8 Å². The molecule has 0 radical (unpaired) electrons. The lowest BCUT2D eigenvalue weighted by molar-refractivity contribution is -0.0787. The fourth-order valence-corrected chi connectivity index (χ4v) is 3.89. The predicted octanol–water partition coefficient (Wildman–Crippen LogP) is 1.90. The molecule has 0 aromatic heterocycles. The summed E-state index contributed by atoms with van der Waals surface area (Å²) >= 11 is 2.06. The first-order chi connectivity index (χ1) is 6.85. The van der Waals surface area contributed by atoms with Gasteiger partial charge >= 0.3 is 0 Å². The van der Waals surface area contributed by atoms with E-state index >= 15 is 0 Å². The summed E-state index contributed by atoms with van der Waals surface area (Å²) in [7, 11) is 0. The number of ether oxygens (including phenoxy) is 1. The van der Waals surface area contributed by atoms with E-state index in [-0.39, 0.29) is 5.60 Å². The van der Waals surface area contributed by atoms with E-state index in [1.807, 2.05) is 0 Å². The normalized spacial score (nSPS) is 37.9. The van der Waals surface area contributed by atoms with Gasteiger partial charge in [-0.3, -0.25) is 0 Å². The lowest BCUT2D eigenvalue weighted by Gasteiger charge is -2.37. The number of hydrogen-bond donors (Lipinski definition) is 1. The van der Waals surface area contributed by atoms with Crippen molar-refractivity contribution in [2.24, 2.45) is 5.92 Å². The van der Waals surface area contributed by atoms with Crippen molar-refractivity contribution in [1.29, 1.82) is 0 Å². The topological polar surface area (TPSA) is 21.3 Å². The third kappa shape index (κ3) is 2.44. The summed E-state index contributed by atoms with van der Waals surface area (Å²) in [4.78, 5) is 0. The van der Waals surface area contributed by atoms with Crippen LogP contribution in [0.25, 0.3) is 0 Å². The molecule has 0 saturated carbocycles. The van der Waals surface area contributed by atoms with Crippen LogP contribution in [0.2, 0.25) is 0 Å². The van der Waals surface area contributed by atoms with Crippen LogP contribution in [0.4, 0.5) is 0 Å². The summed E-state index contributed by atoms with van der Waals surface area (Å²) in [6.07, 6.45) is 3.81. The van der Waals surface area contributed by atoms with Gasteiger partial charge in [-0.25, -0.2) is 0 Å². The van der Waals surface area contributed by atoms with E-state index in [0.29, 0.717) is 0 Å². The molecule has 2 heterocycles. The van der Waals surface area contributed by atoms with Crippen molar-refractivity contribution in [3.63, 3.8) is 0 Å². The number of rotatable bonds is 3. The maximum Gasteiger partial charge on any atom is 0.0783 e. The Bertz CT molecular complexity index is 180. The molecule has 2 aliphatic heterocycles. The average Bonchev–Trinajstić information content (AvgIpc) is 2.63. The molecule has 14 heavy (non-hydrogen) atoms. The second-order valence-electron chi connectivity index (χ2n) is 4.50. The Labute approximate surface area is 91.2 Å². The zero-order chi connectivity index (χ0) is 9.86. The summed E-state index contributed by atoms with van der Waals surface area (Å²) in [6.45, 7) is 5.45. The molecule has 0 aromatic rings. The molecule has 2 fully saturated rings. The van der Waals surface area contributed by atoms with Crippen LogP contribution in [0, 0.1) is 5.92 Å². The lowest BCUT2D eigenvalue weighted by atomic mass is 9.85. The van der Waals surface area contributed by atoms with Gasteiger partial charge < -0.3 is 10.1 Å². The molecule has 2 nitrogen and oxygen atoms in total. The highest BCUT2D eigenvalue weighted by molar-refractivity contribution is 7.99. The van der Waals surface area contributed by atoms with Gasteiger partial charge in [0.15, 0.2) is 0 Å². The number of nitrogens with one attached hydrogen (secondary N) is 1. The zero-order valence-electron chi connectivity index (χ0n) is 9.05. The zero-order valence-corrected chi connectivity index (χ0v) is 9.87. The highest BCUT2D eigenvalue weighted by atomic mass is 32.2. The molecule has 3 heteroatoms. The van der Waals surface area contributed by atoms with Gasteiger partial charge in [-0.05, 0) is 44.0 Å². The molecule has 1 spiro atoms. The highest BCUT2D eigenvalue weighted by Gasteiger charge is 2.40. The first kappa shape index (κ1) is 10.8. The van der Waals surface area contributed by atoms with Crippen LogP contribution in [0.15, 0.2) is 0 Å². The van der Waals surface area contributed by atoms with Gasteiger partial charge in [0.2, 0.25) is 0 Å². The van der Waals surface area contributed by atoms with E-state index in [2.05, 4.69) is 24.0 Å². The summed E-state index contributed by atoms with van der Waals surface area (Å²) in [6, 6.07) is 0. The Morgan fingerprint density at radius 2 is 2.50 bits per heavy atom. The summed E-state index contributed by atoms with van der Waals surface area (Å²) < 4.78 is 5.99. The van der Waals surface area contributed by atoms with Gasteiger partial charge in [-0.1, -0.05) is 6.92 Å². The van der Waals surface area contributed by atoms with Crippen LogP contribution in [-0.2, 0) is 4.74 Å². The van der Waals surface area contributed by atoms with Gasteiger partial charge in [0, 0.05) is 12.4 Å². The SMILES string of the molecule is CCNCC1CCOC2(CCSC2)C1. The standard InChI is InChI=1S/C11H21NOS/c1-2-12-8-10-3-5-13-11(7-10)4-6-14-9-11/h10,12H,2-9H2,1H3. The van der Waals surface area contributed by atoms with Crippen LogP contribution in [0.5, 0.6) is 0 Å². The molecule has 2 rings (SSSR count). The monoisotopic (exact) mass is 215 g/mol. The fraction of sp³-hybridized carbons (Fsp3) is 1.00. The molecule has 82 valence electrons. The van der Waals surface area contributed by atoms with E-state index in [1.165, 1.54) is 37.3 Å². The molecular weight excluding hydrogens is 194 g/mol. The van der Waals surface area contributed by atoms with Gasteiger partial charge in [0.05, 0.1) is 5.60 Å². The van der Waals surface area contributed by atoms with Gasteiger partial charge in [0.25, 0.3) is 0 Å². The summed E-state index contributed by atoms with van der Waals surface area (Å²) in [5, 5.41) is 3.46. The van der Waals surface area contributed by atoms with Crippen LogP contribution in [0.1, 0.15) is 26.2 Å². The Kier molecular flexibility index (Phi) is 3.74. The van der Waals surface area contributed by atoms with Gasteiger partial charge in [-0.2, -0.15) is 11.8 Å². The highest BCUT2D eigenvalue weighted by Crippen LogP contribution is 2.40. The maximum atomic E-state index is 5.99. The second-order valence-corrected chi connectivity index (χ2v) is 5.61. The molecule has 1 N–H and O–H groups in total. The first-order valence-corrected chi connectivity index (χ1v) is 6.92. The predicted molar refractivity (Wildman–Crippen MR) is 61.9 cm³/mol. The third-order valence-corrected chi connectivity index (χ3v) is 4.57. The molecule has 0 amide bonds. The minimum Gasteiger partial charge on any atom is -0.374 e. The van der Waals surface area contributed by atoms with Crippen molar-refractivity contribution < 1.29 is 4.74 Å². The van der Waals surface area contributed by atoms with Crippen molar-refractivity contribution in [2.45, 2.75) is 31.8 Å². The second kappa shape index (κ2) is 4.86. The molecule has 2 saturated heterocycles. The minimum absolute atomic E-state index is 0.267. The van der Waals surface area contributed by atoms with Gasteiger partial charge in [0.1, 0.15) is 0 Å². The Morgan fingerprint density at radius 3 is 3.21 bits per heavy atom. The number of thioether (sulfide) groups is 1. The summed E-state index contributed by atoms with van der Waals surface area (Å²) in [5.74, 6) is 3.38. The van der Waals surface area contributed by atoms with E-state index < -0.39 is 0 Å². The molecule has 0 aromatic carbocycles. The molecule has 0 aliphatic carbocycles. The third-order valence-electron chi connectivity index (χ3n) is 3.35.